The fraction of sp³-hybridized carbons (Fsp3) is 0.286. The molecule has 1 aromatic rings. The molecule has 0 unspecified atom stereocenters. The van der Waals surface area contributed by atoms with Gasteiger partial charge in [0.25, 0.3) is 0 Å². The summed E-state index contributed by atoms with van der Waals surface area (Å²) in [6.45, 7) is 0. The topological polar surface area (TPSA) is 72.3 Å². The van der Waals surface area contributed by atoms with Gasteiger partial charge in [-0.2, -0.15) is 0 Å². The molecule has 64 valence electrons. The highest BCUT2D eigenvalue weighted by atomic mass is 16.5. The Morgan fingerprint density at radius 2 is 2.50 bits per heavy atom. The number of hydrogen-bond donors (Lipinski definition) is 1. The molecule has 12 heavy (non-hydrogen) atoms. The van der Waals surface area contributed by atoms with E-state index in [9.17, 15) is 4.79 Å². The molecule has 0 saturated heterocycles. The molecule has 0 fully saturated rings. The van der Waals surface area contributed by atoms with Crippen LogP contribution in [0.5, 0.6) is 0 Å². The minimum atomic E-state index is -1.06. The third kappa shape index (κ3) is 1.76. The van der Waals surface area contributed by atoms with Crippen molar-refractivity contribution in [2.24, 2.45) is 0 Å². The van der Waals surface area contributed by atoms with Gasteiger partial charge in [0.05, 0.1) is 5.69 Å². The van der Waals surface area contributed by atoms with Crippen LogP contribution in [0.2, 0.25) is 0 Å². The SMILES string of the molecule is CO[C@H](C(=O)O)c1ccncn1. The Morgan fingerprint density at radius 3 is 2.92 bits per heavy atom. The van der Waals surface area contributed by atoms with Crippen LogP contribution in [0.4, 0.5) is 0 Å². The monoisotopic (exact) mass is 168 g/mol. The van der Waals surface area contributed by atoms with E-state index in [4.69, 9.17) is 9.84 Å². The standard InChI is InChI=1S/C7H8N2O3/c1-12-6(7(10)11)5-2-3-8-4-9-5/h2-4,6H,1H3,(H,10,11)/t6-/m0/s1. The zero-order valence-corrected chi connectivity index (χ0v) is 6.47. The molecule has 0 amide bonds. The van der Waals surface area contributed by atoms with Gasteiger partial charge in [-0.15, -0.1) is 0 Å². The molecular formula is C7H8N2O3. The van der Waals surface area contributed by atoms with Crippen molar-refractivity contribution >= 4 is 5.97 Å². The summed E-state index contributed by atoms with van der Waals surface area (Å²) in [5.74, 6) is -1.06. The Morgan fingerprint density at radius 1 is 1.75 bits per heavy atom. The van der Waals surface area contributed by atoms with Crippen LogP contribution >= 0.6 is 0 Å². The van der Waals surface area contributed by atoms with Crippen LogP contribution in [-0.2, 0) is 9.53 Å². The van der Waals surface area contributed by atoms with Crippen molar-refractivity contribution in [3.8, 4) is 0 Å². The lowest BCUT2D eigenvalue weighted by molar-refractivity contribution is -0.149. The number of aliphatic carboxylic acids is 1. The van der Waals surface area contributed by atoms with Gasteiger partial charge >= 0.3 is 5.97 Å². The molecule has 1 N–H and O–H groups in total. The Labute approximate surface area is 69.0 Å². The van der Waals surface area contributed by atoms with E-state index in [0.717, 1.165) is 0 Å². The van der Waals surface area contributed by atoms with Crippen LogP contribution in [0.15, 0.2) is 18.6 Å². The molecular weight excluding hydrogens is 160 g/mol. The lowest BCUT2D eigenvalue weighted by atomic mass is 10.2. The van der Waals surface area contributed by atoms with Gasteiger partial charge in [0.15, 0.2) is 6.10 Å². The van der Waals surface area contributed by atoms with Crippen LogP contribution in [0.3, 0.4) is 0 Å². The molecule has 0 aliphatic rings. The normalized spacial score (nSPS) is 12.4. The number of ether oxygens (including phenoxy) is 1. The fourth-order valence-corrected chi connectivity index (χ4v) is 0.804. The number of methoxy groups -OCH3 is 1. The van der Waals surface area contributed by atoms with Crippen molar-refractivity contribution in [2.75, 3.05) is 7.11 Å². The van der Waals surface area contributed by atoms with Gasteiger partial charge in [-0.25, -0.2) is 14.8 Å². The number of nitrogens with zero attached hydrogens (tertiary/aromatic N) is 2. The quantitative estimate of drug-likeness (QED) is 0.700. The van der Waals surface area contributed by atoms with Gasteiger partial charge in [-0.3, -0.25) is 0 Å². The van der Waals surface area contributed by atoms with E-state index < -0.39 is 12.1 Å². The Bertz CT molecular complexity index is 263. The molecule has 5 heteroatoms. The summed E-state index contributed by atoms with van der Waals surface area (Å²) < 4.78 is 4.71. The highest BCUT2D eigenvalue weighted by molar-refractivity contribution is 5.73. The predicted molar refractivity (Wildman–Crippen MR) is 39.4 cm³/mol. The average Bonchev–Trinajstić information content (AvgIpc) is 2.07. The summed E-state index contributed by atoms with van der Waals surface area (Å²) in [6, 6.07) is 1.50. The maximum atomic E-state index is 10.5. The van der Waals surface area contributed by atoms with Gasteiger partial charge in [0.2, 0.25) is 0 Å². The van der Waals surface area contributed by atoms with E-state index >= 15 is 0 Å². The predicted octanol–water partition coefficient (Wildman–Crippen LogP) is 0.249. The summed E-state index contributed by atoms with van der Waals surface area (Å²) in [6.07, 6.45) is 1.75. The highest BCUT2D eigenvalue weighted by Gasteiger charge is 2.19. The number of aromatic nitrogens is 2. The van der Waals surface area contributed by atoms with Crippen LogP contribution < -0.4 is 0 Å². The van der Waals surface area contributed by atoms with Gasteiger partial charge in [0.1, 0.15) is 6.33 Å². The highest BCUT2D eigenvalue weighted by Crippen LogP contribution is 2.11. The van der Waals surface area contributed by atoms with E-state index in [1.54, 1.807) is 0 Å². The minimum absolute atomic E-state index is 0.347. The number of carboxylic acids is 1. The maximum Gasteiger partial charge on any atom is 0.339 e. The van der Waals surface area contributed by atoms with Crippen molar-refractivity contribution in [1.29, 1.82) is 0 Å². The van der Waals surface area contributed by atoms with Crippen LogP contribution in [0, 0.1) is 0 Å². The van der Waals surface area contributed by atoms with Crippen molar-refractivity contribution in [3.05, 3.63) is 24.3 Å². The minimum Gasteiger partial charge on any atom is -0.479 e. The second-order valence-electron chi connectivity index (χ2n) is 2.09. The number of carboxylic acid groups (broad SMARTS) is 1. The zero-order chi connectivity index (χ0) is 8.97. The van der Waals surface area contributed by atoms with Crippen molar-refractivity contribution in [1.82, 2.24) is 9.97 Å². The van der Waals surface area contributed by atoms with Crippen molar-refractivity contribution in [2.45, 2.75) is 6.10 Å². The zero-order valence-electron chi connectivity index (χ0n) is 6.47. The summed E-state index contributed by atoms with van der Waals surface area (Å²) in [7, 11) is 1.32. The van der Waals surface area contributed by atoms with Gasteiger partial charge in [-0.05, 0) is 6.07 Å². The molecule has 0 aliphatic heterocycles. The fourth-order valence-electron chi connectivity index (χ4n) is 0.804. The summed E-state index contributed by atoms with van der Waals surface area (Å²) in [5.41, 5.74) is 0.347. The van der Waals surface area contributed by atoms with Gasteiger partial charge in [-0.1, -0.05) is 0 Å². The molecule has 0 saturated carbocycles. The van der Waals surface area contributed by atoms with E-state index in [1.165, 1.54) is 25.7 Å². The molecule has 1 aromatic heterocycles. The maximum absolute atomic E-state index is 10.5. The summed E-state index contributed by atoms with van der Waals surface area (Å²) in [5, 5.41) is 8.64. The molecule has 5 nitrogen and oxygen atoms in total. The van der Waals surface area contributed by atoms with Crippen molar-refractivity contribution in [3.63, 3.8) is 0 Å². The third-order valence-electron chi connectivity index (χ3n) is 1.33. The molecule has 0 aromatic carbocycles. The first-order chi connectivity index (χ1) is 5.75. The summed E-state index contributed by atoms with van der Waals surface area (Å²) >= 11 is 0. The molecule has 1 heterocycles. The van der Waals surface area contributed by atoms with Crippen LogP contribution in [0.1, 0.15) is 11.8 Å². The van der Waals surface area contributed by atoms with Gasteiger partial charge in [0, 0.05) is 13.3 Å². The van der Waals surface area contributed by atoms with E-state index in [1.807, 2.05) is 0 Å². The molecule has 0 bridgehead atoms. The Balaban J connectivity index is 2.88. The molecule has 1 atom stereocenters. The van der Waals surface area contributed by atoms with E-state index in [0.29, 0.717) is 5.69 Å². The molecule has 0 spiro atoms. The van der Waals surface area contributed by atoms with Crippen molar-refractivity contribution < 1.29 is 14.6 Å². The first-order valence-corrected chi connectivity index (χ1v) is 3.27. The molecule has 1 rings (SSSR count). The number of hydrogen-bond acceptors (Lipinski definition) is 4. The number of rotatable bonds is 3. The van der Waals surface area contributed by atoms with E-state index in [-0.39, 0.29) is 0 Å². The lowest BCUT2D eigenvalue weighted by Crippen LogP contribution is -2.14. The first-order valence-electron chi connectivity index (χ1n) is 3.27. The summed E-state index contributed by atoms with van der Waals surface area (Å²) in [4.78, 5) is 18.0. The smallest absolute Gasteiger partial charge is 0.339 e. The van der Waals surface area contributed by atoms with E-state index in [2.05, 4.69) is 9.97 Å². The third-order valence-corrected chi connectivity index (χ3v) is 1.33. The van der Waals surface area contributed by atoms with Crippen LogP contribution in [-0.4, -0.2) is 28.2 Å². The second-order valence-corrected chi connectivity index (χ2v) is 2.09. The first kappa shape index (κ1) is 8.61. The second kappa shape index (κ2) is 3.77. The lowest BCUT2D eigenvalue weighted by Gasteiger charge is -2.07. The molecule has 0 radical (unpaired) electrons. The van der Waals surface area contributed by atoms with Gasteiger partial charge < -0.3 is 9.84 Å². The Kier molecular flexibility index (Phi) is 2.71. The Hall–Kier alpha value is -1.49. The average molecular weight is 168 g/mol. The van der Waals surface area contributed by atoms with Crippen LogP contribution in [0.25, 0.3) is 0 Å². The largest absolute Gasteiger partial charge is 0.479 e. The molecule has 0 aliphatic carbocycles. The number of carbonyl (C=O) groups is 1.